The van der Waals surface area contributed by atoms with Crippen LogP contribution in [-0.2, 0) is 0 Å². The van der Waals surface area contributed by atoms with Gasteiger partial charge in [0.15, 0.2) is 0 Å². The van der Waals surface area contributed by atoms with Gasteiger partial charge in [-0.2, -0.15) is 5.26 Å². The zero-order valence-electron chi connectivity index (χ0n) is 11.7. The van der Waals surface area contributed by atoms with Crippen LogP contribution in [0, 0.1) is 25.0 Å². The first-order valence-electron chi connectivity index (χ1n) is 6.24. The smallest absolute Gasteiger partial charge is 0.313 e. The van der Waals surface area contributed by atoms with Crippen LogP contribution in [0.4, 0.5) is 5.69 Å². The zero-order valence-corrected chi connectivity index (χ0v) is 13.9. The van der Waals surface area contributed by atoms with Crippen LogP contribution in [0.25, 0.3) is 0 Å². The molecule has 1 aromatic rings. The average Bonchev–Trinajstić information content (AvgIpc) is 2.42. The number of nitro groups is 1. The predicted molar refractivity (Wildman–Crippen MR) is 85.2 cm³/mol. The number of nitrogens with zero attached hydrogens (tertiary/aromatic N) is 2. The third-order valence-corrected chi connectivity index (χ3v) is 3.43. The number of nitriles is 1. The zero-order chi connectivity index (χ0) is 16.0. The minimum atomic E-state index is -1.15. The summed E-state index contributed by atoms with van der Waals surface area (Å²) in [5, 5.41) is 33.0. The van der Waals surface area contributed by atoms with Crippen molar-refractivity contribution in [3.05, 3.63) is 31.4 Å². The molecular formula is C13H16IN3O4. The average molecular weight is 405 g/mol. The molecule has 0 aliphatic rings. The summed E-state index contributed by atoms with van der Waals surface area (Å²) in [7, 11) is 0. The van der Waals surface area contributed by atoms with Gasteiger partial charge >= 0.3 is 5.69 Å². The van der Waals surface area contributed by atoms with Crippen molar-refractivity contribution in [1.82, 2.24) is 5.32 Å². The number of nitrogens with one attached hydrogen (secondary N) is 1. The largest absolute Gasteiger partial charge is 0.483 e. The number of hydrogen-bond acceptors (Lipinski definition) is 6. The molecule has 21 heavy (non-hydrogen) atoms. The molecule has 8 heteroatoms. The summed E-state index contributed by atoms with van der Waals surface area (Å²) in [4.78, 5) is 10.5. The molecule has 2 N–H and O–H groups in total. The minimum Gasteiger partial charge on any atom is -0.483 e. The van der Waals surface area contributed by atoms with E-state index in [9.17, 15) is 15.2 Å². The Bertz CT molecular complexity index is 569. The fourth-order valence-corrected chi connectivity index (χ4v) is 2.36. The fourth-order valence-electron chi connectivity index (χ4n) is 1.59. The molecule has 0 bridgehead atoms. The van der Waals surface area contributed by atoms with Crippen LogP contribution in [0.1, 0.15) is 19.4 Å². The molecule has 0 amide bonds. The monoisotopic (exact) mass is 405 g/mol. The third kappa shape index (κ3) is 5.11. The highest BCUT2D eigenvalue weighted by atomic mass is 127. The van der Waals surface area contributed by atoms with E-state index < -0.39 is 10.5 Å². The molecule has 0 radical (unpaired) electrons. The molecule has 7 nitrogen and oxygen atoms in total. The van der Waals surface area contributed by atoms with Crippen LogP contribution in [-0.4, -0.2) is 35.3 Å². The molecule has 0 saturated carbocycles. The lowest BCUT2D eigenvalue weighted by Crippen LogP contribution is -2.42. The van der Waals surface area contributed by atoms with Crippen molar-refractivity contribution in [2.45, 2.75) is 19.4 Å². The van der Waals surface area contributed by atoms with E-state index in [0.29, 0.717) is 16.7 Å². The number of likely N-dealkylation sites (N-methyl/N-ethyl adjacent to an activating group) is 1. The second-order valence-corrected chi connectivity index (χ2v) is 5.90. The number of benzene rings is 1. The van der Waals surface area contributed by atoms with Crippen LogP contribution in [0.5, 0.6) is 5.75 Å². The highest BCUT2D eigenvalue weighted by molar-refractivity contribution is 14.1. The number of nitro benzene ring substituents is 1. The third-order valence-electron chi connectivity index (χ3n) is 2.63. The number of aliphatic hydroxyl groups is 1. The van der Waals surface area contributed by atoms with Crippen LogP contribution >= 0.6 is 22.6 Å². The van der Waals surface area contributed by atoms with Gasteiger partial charge in [0, 0.05) is 12.6 Å². The topological polar surface area (TPSA) is 108 Å². The highest BCUT2D eigenvalue weighted by Crippen LogP contribution is 2.34. The Morgan fingerprint density at radius 3 is 2.81 bits per heavy atom. The molecule has 1 rings (SSSR count). The molecule has 0 heterocycles. The van der Waals surface area contributed by atoms with E-state index in [2.05, 4.69) is 5.32 Å². The van der Waals surface area contributed by atoms with Gasteiger partial charge in [-0.05, 0) is 42.1 Å². The number of rotatable bonds is 7. The van der Waals surface area contributed by atoms with Crippen molar-refractivity contribution in [1.29, 1.82) is 5.26 Å². The fraction of sp³-hybridized carbons (Fsp3) is 0.462. The number of hydrogen-bond donors (Lipinski definition) is 2. The van der Waals surface area contributed by atoms with Gasteiger partial charge in [-0.15, -0.1) is 0 Å². The lowest BCUT2D eigenvalue weighted by Gasteiger charge is -2.23. The summed E-state index contributed by atoms with van der Waals surface area (Å²) in [6.07, 6.45) is 0. The molecule has 0 aromatic heterocycles. The van der Waals surface area contributed by atoms with E-state index in [-0.39, 0.29) is 23.6 Å². The van der Waals surface area contributed by atoms with Gasteiger partial charge in [0.25, 0.3) is 0 Å². The molecule has 1 atom stereocenters. The second-order valence-electron chi connectivity index (χ2n) is 4.74. The standard InChI is InChI=1S/C13H16IN3O4/c1-3-16-7-13(2,18)8-21-12-10(14)4-9(6-15)5-11(12)17(19)20/h4-5,16,18H,3,7-8H2,1-2H3. The number of halogens is 1. The van der Waals surface area contributed by atoms with Crippen LogP contribution in [0.3, 0.4) is 0 Å². The van der Waals surface area contributed by atoms with Gasteiger partial charge in [-0.25, -0.2) is 0 Å². The first-order chi connectivity index (χ1) is 9.80. The van der Waals surface area contributed by atoms with Crippen LogP contribution in [0.15, 0.2) is 12.1 Å². The molecule has 0 fully saturated rings. The van der Waals surface area contributed by atoms with Gasteiger partial charge in [-0.3, -0.25) is 10.1 Å². The summed E-state index contributed by atoms with van der Waals surface area (Å²) < 4.78 is 5.90. The van der Waals surface area contributed by atoms with Crippen molar-refractivity contribution in [3.8, 4) is 11.8 Å². The number of ether oxygens (including phenoxy) is 1. The summed E-state index contributed by atoms with van der Waals surface area (Å²) in [5.41, 5.74) is -1.24. The Labute approximate surface area is 136 Å². The van der Waals surface area contributed by atoms with Crippen molar-refractivity contribution in [2.75, 3.05) is 19.7 Å². The Morgan fingerprint density at radius 1 is 1.62 bits per heavy atom. The van der Waals surface area contributed by atoms with Crippen molar-refractivity contribution < 1.29 is 14.8 Å². The van der Waals surface area contributed by atoms with E-state index >= 15 is 0 Å². The maximum atomic E-state index is 11.1. The molecule has 0 spiro atoms. The van der Waals surface area contributed by atoms with Crippen LogP contribution in [0.2, 0.25) is 0 Å². The predicted octanol–water partition coefficient (Wildman–Crippen LogP) is 1.81. The SMILES string of the molecule is CCNCC(C)(O)COc1c(I)cc(C#N)cc1[N+](=O)[O-]. The van der Waals surface area contributed by atoms with E-state index in [4.69, 9.17) is 10.00 Å². The van der Waals surface area contributed by atoms with Crippen molar-refractivity contribution in [2.24, 2.45) is 0 Å². The van der Waals surface area contributed by atoms with E-state index in [1.165, 1.54) is 6.07 Å². The van der Waals surface area contributed by atoms with Crippen molar-refractivity contribution in [3.63, 3.8) is 0 Å². The quantitative estimate of drug-likeness (QED) is 0.407. The molecule has 0 saturated heterocycles. The van der Waals surface area contributed by atoms with Gasteiger partial charge in [0.2, 0.25) is 5.75 Å². The summed E-state index contributed by atoms with van der Waals surface area (Å²) >= 11 is 1.87. The van der Waals surface area contributed by atoms with E-state index in [1.54, 1.807) is 6.92 Å². The van der Waals surface area contributed by atoms with Crippen molar-refractivity contribution >= 4 is 28.3 Å². The van der Waals surface area contributed by atoms with Gasteiger partial charge in [-0.1, -0.05) is 6.92 Å². The molecule has 0 aliphatic heterocycles. The maximum Gasteiger partial charge on any atom is 0.313 e. The Kier molecular flexibility index (Phi) is 6.32. The van der Waals surface area contributed by atoms with Crippen LogP contribution < -0.4 is 10.1 Å². The lowest BCUT2D eigenvalue weighted by molar-refractivity contribution is -0.386. The highest BCUT2D eigenvalue weighted by Gasteiger charge is 2.25. The van der Waals surface area contributed by atoms with Gasteiger partial charge in [0.05, 0.1) is 20.1 Å². The molecule has 1 unspecified atom stereocenters. The molecule has 114 valence electrons. The summed E-state index contributed by atoms with van der Waals surface area (Å²) in [6, 6.07) is 4.53. The summed E-state index contributed by atoms with van der Waals surface area (Å²) in [5.74, 6) is 0.0661. The first kappa shape index (κ1) is 17.6. The molecule has 0 aliphatic carbocycles. The maximum absolute atomic E-state index is 11.1. The Hall–Kier alpha value is -1.44. The summed E-state index contributed by atoms with van der Waals surface area (Å²) in [6.45, 7) is 4.40. The Morgan fingerprint density at radius 2 is 2.29 bits per heavy atom. The minimum absolute atomic E-state index is 0.0661. The molecular weight excluding hydrogens is 389 g/mol. The van der Waals surface area contributed by atoms with E-state index in [1.807, 2.05) is 35.6 Å². The second kappa shape index (κ2) is 7.53. The normalized spacial score (nSPS) is 13.3. The van der Waals surface area contributed by atoms with Gasteiger partial charge in [0.1, 0.15) is 12.2 Å². The van der Waals surface area contributed by atoms with Gasteiger partial charge < -0.3 is 15.2 Å². The first-order valence-corrected chi connectivity index (χ1v) is 7.32. The Balaban J connectivity index is 2.98. The lowest BCUT2D eigenvalue weighted by atomic mass is 10.1. The molecule has 1 aromatic carbocycles. The van der Waals surface area contributed by atoms with E-state index in [0.717, 1.165) is 6.07 Å².